The fraction of sp³-hybridized carbons (Fsp3) is 0.333. The summed E-state index contributed by atoms with van der Waals surface area (Å²) in [4.78, 5) is 33.1. The van der Waals surface area contributed by atoms with Gasteiger partial charge in [0.05, 0.1) is 27.4 Å². The molecule has 0 radical (unpaired) electrons. The number of pyridine rings is 1. The van der Waals surface area contributed by atoms with Crippen molar-refractivity contribution < 1.29 is 14.7 Å². The summed E-state index contributed by atoms with van der Waals surface area (Å²) in [5, 5.41) is 14.6. The average Bonchev–Trinajstić information content (AvgIpc) is 3.29. The van der Waals surface area contributed by atoms with Crippen LogP contribution < -0.4 is 5.32 Å². The molecule has 1 amide bonds. The molecule has 1 saturated heterocycles. The number of aliphatic carboxylic acids is 1. The minimum absolute atomic E-state index is 0.0374. The molecule has 4 rings (SSSR count). The van der Waals surface area contributed by atoms with Gasteiger partial charge in [0.15, 0.2) is 0 Å². The van der Waals surface area contributed by atoms with Crippen LogP contribution in [-0.2, 0) is 4.79 Å². The largest absolute Gasteiger partial charge is 0.481 e. The molecule has 3 heterocycles. The number of amides is 1. The number of carboxylic acids is 1. The Bertz CT molecular complexity index is 1020. The molecule has 9 heteroatoms. The second-order valence-corrected chi connectivity index (χ2v) is 7.91. The number of hydrogen-bond donors (Lipinski definition) is 2. The number of carbonyl (C=O) groups is 2. The van der Waals surface area contributed by atoms with Crippen molar-refractivity contribution >= 4 is 45.7 Å². The van der Waals surface area contributed by atoms with Gasteiger partial charge in [-0.2, -0.15) is 0 Å². The second-order valence-electron chi connectivity index (χ2n) is 6.78. The maximum atomic E-state index is 12.7. The topological polar surface area (TPSA) is 95.4 Å². The molecule has 0 atom stereocenters. The van der Waals surface area contributed by atoms with Crippen molar-refractivity contribution in [3.05, 3.63) is 45.7 Å². The van der Waals surface area contributed by atoms with Crippen LogP contribution in [0.4, 0.5) is 0 Å². The van der Waals surface area contributed by atoms with Gasteiger partial charge in [0.2, 0.25) is 0 Å². The Kier molecular flexibility index (Phi) is 7.73. The fourth-order valence-electron chi connectivity index (χ4n) is 3.05. The summed E-state index contributed by atoms with van der Waals surface area (Å²) < 4.78 is 0. The van der Waals surface area contributed by atoms with Crippen LogP contribution in [-0.4, -0.2) is 58.0 Å². The van der Waals surface area contributed by atoms with Crippen LogP contribution in [0.1, 0.15) is 30.1 Å². The van der Waals surface area contributed by atoms with Crippen LogP contribution in [0.2, 0.25) is 5.02 Å². The third-order valence-corrected chi connectivity index (χ3v) is 5.47. The van der Waals surface area contributed by atoms with Gasteiger partial charge >= 0.3 is 5.97 Å². The van der Waals surface area contributed by atoms with Crippen molar-refractivity contribution in [3.8, 4) is 11.4 Å². The van der Waals surface area contributed by atoms with Crippen molar-refractivity contribution in [2.24, 2.45) is 0 Å². The van der Waals surface area contributed by atoms with Crippen LogP contribution in [0, 0.1) is 0 Å². The summed E-state index contributed by atoms with van der Waals surface area (Å²) in [6, 6.07) is 7.33. The molecule has 2 N–H and O–H groups in total. The third-order valence-electron chi connectivity index (χ3n) is 4.57. The molecule has 1 aromatic carbocycles. The number of hydrogen-bond acceptors (Lipinski definition) is 6. The highest BCUT2D eigenvalue weighted by Gasteiger charge is 2.19. The number of nitrogens with zero attached hydrogens (tertiary/aromatic N) is 3. The number of piperazine rings is 1. The number of benzene rings is 1. The highest BCUT2D eigenvalue weighted by atomic mass is 35.5. The molecule has 0 bridgehead atoms. The maximum absolute atomic E-state index is 12.7. The molecule has 7 nitrogen and oxygen atoms in total. The third kappa shape index (κ3) is 5.53. The fourth-order valence-corrected chi connectivity index (χ4v) is 3.86. The summed E-state index contributed by atoms with van der Waals surface area (Å²) in [5.41, 5.74) is 4.64. The lowest BCUT2D eigenvalue weighted by molar-refractivity contribution is -0.137. The van der Waals surface area contributed by atoms with Crippen LogP contribution in [0.15, 0.2) is 35.2 Å². The quantitative estimate of drug-likeness (QED) is 0.630. The van der Waals surface area contributed by atoms with Crippen molar-refractivity contribution in [3.63, 3.8) is 0 Å². The lowest BCUT2D eigenvalue weighted by Crippen LogP contribution is -2.46. The first kappa shape index (κ1) is 22.1. The number of thiazole rings is 1. The van der Waals surface area contributed by atoms with Crippen molar-refractivity contribution in [2.45, 2.75) is 19.8 Å². The lowest BCUT2D eigenvalue weighted by atomic mass is 10.1. The Morgan fingerprint density at radius 3 is 2.60 bits per heavy atom. The summed E-state index contributed by atoms with van der Waals surface area (Å²) in [7, 11) is 0. The van der Waals surface area contributed by atoms with Crippen molar-refractivity contribution in [2.75, 3.05) is 26.2 Å². The Morgan fingerprint density at radius 2 is 2.00 bits per heavy atom. The summed E-state index contributed by atoms with van der Waals surface area (Å²) >= 11 is 7.90. The Hall–Kier alpha value is -2.55. The van der Waals surface area contributed by atoms with Gasteiger partial charge in [0.1, 0.15) is 0 Å². The van der Waals surface area contributed by atoms with E-state index < -0.39 is 5.97 Å². The van der Waals surface area contributed by atoms with Crippen molar-refractivity contribution in [1.29, 1.82) is 0 Å². The molecule has 0 saturated carbocycles. The van der Waals surface area contributed by atoms with Gasteiger partial charge in [0.25, 0.3) is 5.91 Å². The highest BCUT2D eigenvalue weighted by Crippen LogP contribution is 2.28. The van der Waals surface area contributed by atoms with Gasteiger partial charge in [-0.3, -0.25) is 9.59 Å². The van der Waals surface area contributed by atoms with Crippen LogP contribution in [0.5, 0.6) is 0 Å². The molecule has 0 unspecified atom stereocenters. The molecule has 1 aliphatic rings. The highest BCUT2D eigenvalue weighted by molar-refractivity contribution is 7.07. The van der Waals surface area contributed by atoms with Crippen LogP contribution in [0.3, 0.4) is 0 Å². The minimum atomic E-state index is -0.711. The number of carboxylic acid groups (broad SMARTS) is 1. The minimum Gasteiger partial charge on any atom is -0.481 e. The first-order chi connectivity index (χ1) is 14.5. The van der Waals surface area contributed by atoms with E-state index in [0.717, 1.165) is 49.4 Å². The second kappa shape index (κ2) is 10.5. The zero-order chi connectivity index (χ0) is 21.5. The summed E-state index contributed by atoms with van der Waals surface area (Å²) in [6.07, 6.45) is 1.02. The molecule has 1 aliphatic heterocycles. The summed E-state index contributed by atoms with van der Waals surface area (Å²) in [6.45, 7) is 4.96. The van der Waals surface area contributed by atoms with Gasteiger partial charge in [-0.1, -0.05) is 24.6 Å². The first-order valence-electron chi connectivity index (χ1n) is 9.70. The smallest absolute Gasteiger partial charge is 0.303 e. The number of aromatic nitrogens is 2. The number of halogens is 1. The van der Waals surface area contributed by atoms with E-state index in [2.05, 4.69) is 15.3 Å². The monoisotopic (exact) mass is 446 g/mol. The van der Waals surface area contributed by atoms with Gasteiger partial charge in [-0.25, -0.2) is 9.97 Å². The molecule has 1 fully saturated rings. The van der Waals surface area contributed by atoms with E-state index in [9.17, 15) is 9.59 Å². The summed E-state index contributed by atoms with van der Waals surface area (Å²) in [5.74, 6) is -0.673. The predicted molar refractivity (Wildman–Crippen MR) is 119 cm³/mol. The van der Waals surface area contributed by atoms with Crippen molar-refractivity contribution in [1.82, 2.24) is 20.2 Å². The lowest BCUT2D eigenvalue weighted by Gasteiger charge is -2.27. The van der Waals surface area contributed by atoms with E-state index in [1.165, 1.54) is 11.3 Å². The van der Waals surface area contributed by atoms with E-state index in [0.29, 0.717) is 22.5 Å². The SMILES string of the molecule is CCCC(=O)O.O=C(c1ccc2c(Cl)cc(-c3cscn3)nc2c1)N1CCNCC1. The van der Waals surface area contributed by atoms with E-state index in [1.54, 1.807) is 5.51 Å². The zero-order valence-corrected chi connectivity index (χ0v) is 18.2. The molecule has 158 valence electrons. The number of nitrogens with one attached hydrogen (secondary N) is 1. The predicted octanol–water partition coefficient (Wildman–Crippen LogP) is 3.93. The Labute approximate surface area is 183 Å². The van der Waals surface area contributed by atoms with E-state index in [-0.39, 0.29) is 5.91 Å². The molecule has 0 spiro atoms. The van der Waals surface area contributed by atoms with E-state index in [1.807, 2.05) is 41.5 Å². The van der Waals surface area contributed by atoms with E-state index >= 15 is 0 Å². The average molecular weight is 447 g/mol. The molecular formula is C21H23ClN4O3S. The molecular weight excluding hydrogens is 424 g/mol. The normalized spacial score (nSPS) is 13.6. The van der Waals surface area contributed by atoms with Crippen LogP contribution in [0.25, 0.3) is 22.3 Å². The number of carbonyl (C=O) groups excluding carboxylic acids is 1. The number of fused-ring (bicyclic) bond motifs is 1. The Balaban J connectivity index is 0.000000377. The van der Waals surface area contributed by atoms with Gasteiger partial charge < -0.3 is 15.3 Å². The first-order valence-corrected chi connectivity index (χ1v) is 11.0. The van der Waals surface area contributed by atoms with Gasteiger partial charge in [-0.15, -0.1) is 11.3 Å². The number of rotatable bonds is 4. The molecule has 3 aromatic rings. The standard InChI is InChI=1S/C17H15ClN4OS.C4H8O2/c18-13-8-15(16-9-24-10-20-16)21-14-7-11(1-2-12(13)14)17(23)22-5-3-19-4-6-22;1-2-3-4(5)6/h1-2,7-10,19H,3-6H2;2-3H2,1H3,(H,5,6). The maximum Gasteiger partial charge on any atom is 0.303 e. The van der Waals surface area contributed by atoms with Gasteiger partial charge in [-0.05, 0) is 24.6 Å². The van der Waals surface area contributed by atoms with Gasteiger partial charge in [0, 0.05) is 48.9 Å². The Morgan fingerprint density at radius 1 is 1.23 bits per heavy atom. The zero-order valence-electron chi connectivity index (χ0n) is 16.6. The van der Waals surface area contributed by atoms with Crippen LogP contribution >= 0.6 is 22.9 Å². The molecule has 0 aliphatic carbocycles. The molecule has 30 heavy (non-hydrogen) atoms. The van der Waals surface area contributed by atoms with E-state index in [4.69, 9.17) is 16.7 Å². The molecule has 2 aromatic heterocycles.